The summed E-state index contributed by atoms with van der Waals surface area (Å²) in [5.74, 6) is 2.21. The van der Waals surface area contributed by atoms with Crippen molar-refractivity contribution >= 4 is 34.7 Å². The smallest absolute Gasteiger partial charge is 0.277 e. The molecule has 1 aromatic carbocycles. The van der Waals surface area contributed by atoms with E-state index < -0.39 is 0 Å². The highest BCUT2D eigenvalue weighted by Gasteiger charge is 2.35. The second-order valence-electron chi connectivity index (χ2n) is 7.57. The minimum Gasteiger partial charge on any atom is -0.493 e. The van der Waals surface area contributed by atoms with Gasteiger partial charge in [0.05, 0.1) is 43.9 Å². The zero-order chi connectivity index (χ0) is 25.1. The van der Waals surface area contributed by atoms with Crippen molar-refractivity contribution in [2.24, 2.45) is 5.10 Å². The zero-order valence-corrected chi connectivity index (χ0v) is 21.3. The maximum Gasteiger partial charge on any atom is 0.277 e. The number of aromatic nitrogens is 2. The van der Waals surface area contributed by atoms with Gasteiger partial charge in [0, 0.05) is 12.0 Å². The third-order valence-electron chi connectivity index (χ3n) is 5.48. The quantitative estimate of drug-likeness (QED) is 0.281. The Hall–Kier alpha value is -3.77. The second-order valence-corrected chi connectivity index (χ2v) is 9.45. The summed E-state index contributed by atoms with van der Waals surface area (Å²) in [6, 6.07) is 10.7. The standard InChI is InChI=1S/C24H22N4O6S2/c1-30-18-10-14(11-19(31-2)22(18)32-3)23-25-26-24(34-23)36-13-21(29)28-16(17-6-4-8-33-17)12-15(27-28)20-7-5-9-35-20/h4-11,16H,12-13H2,1-3H3/t16-/m1/s1. The maximum atomic E-state index is 13.2. The van der Waals surface area contributed by atoms with Crippen LogP contribution in [0.15, 0.2) is 67.2 Å². The molecule has 36 heavy (non-hydrogen) atoms. The van der Waals surface area contributed by atoms with Crippen molar-refractivity contribution < 1.29 is 27.8 Å². The number of amides is 1. The highest BCUT2D eigenvalue weighted by molar-refractivity contribution is 7.99. The molecule has 5 rings (SSSR count). The van der Waals surface area contributed by atoms with Gasteiger partial charge in [0.15, 0.2) is 11.5 Å². The molecule has 1 atom stereocenters. The number of hydrazone groups is 1. The summed E-state index contributed by atoms with van der Waals surface area (Å²) in [5.41, 5.74) is 1.45. The van der Waals surface area contributed by atoms with Crippen LogP contribution in [0.2, 0.25) is 0 Å². The second kappa shape index (κ2) is 10.5. The predicted molar refractivity (Wildman–Crippen MR) is 134 cm³/mol. The molecular weight excluding hydrogens is 504 g/mol. The number of hydrogen-bond acceptors (Lipinski definition) is 11. The zero-order valence-electron chi connectivity index (χ0n) is 19.7. The van der Waals surface area contributed by atoms with Crippen molar-refractivity contribution in [3.05, 3.63) is 58.7 Å². The van der Waals surface area contributed by atoms with Gasteiger partial charge in [0.1, 0.15) is 11.8 Å². The van der Waals surface area contributed by atoms with Gasteiger partial charge in [0.25, 0.3) is 11.1 Å². The molecule has 1 aliphatic heterocycles. The Morgan fingerprint density at radius 1 is 1.14 bits per heavy atom. The van der Waals surface area contributed by atoms with Crippen LogP contribution in [0.3, 0.4) is 0 Å². The van der Waals surface area contributed by atoms with E-state index in [4.69, 9.17) is 23.0 Å². The normalized spacial score (nSPS) is 15.1. The lowest BCUT2D eigenvalue weighted by Gasteiger charge is -2.19. The Balaban J connectivity index is 1.32. The van der Waals surface area contributed by atoms with E-state index in [2.05, 4.69) is 15.3 Å². The Morgan fingerprint density at radius 2 is 1.94 bits per heavy atom. The summed E-state index contributed by atoms with van der Waals surface area (Å²) in [7, 11) is 4.59. The summed E-state index contributed by atoms with van der Waals surface area (Å²) in [6.07, 6.45) is 2.18. The van der Waals surface area contributed by atoms with E-state index in [1.807, 2.05) is 23.6 Å². The monoisotopic (exact) mass is 526 g/mol. The average Bonchev–Trinajstić information content (AvgIpc) is 3.71. The number of ether oxygens (including phenoxy) is 3. The highest BCUT2D eigenvalue weighted by Crippen LogP contribution is 2.41. The Kier molecular flexibility index (Phi) is 6.96. The van der Waals surface area contributed by atoms with Crippen LogP contribution in [-0.2, 0) is 4.79 Å². The summed E-state index contributed by atoms with van der Waals surface area (Å²) < 4.78 is 27.5. The molecule has 0 saturated carbocycles. The Morgan fingerprint density at radius 3 is 2.58 bits per heavy atom. The molecular formula is C24H22N4O6S2. The van der Waals surface area contributed by atoms with Crippen LogP contribution in [0.1, 0.15) is 23.1 Å². The third-order valence-corrected chi connectivity index (χ3v) is 7.20. The number of carbonyl (C=O) groups excluding carboxylic acids is 1. The first-order valence-electron chi connectivity index (χ1n) is 10.8. The number of hydrogen-bond donors (Lipinski definition) is 0. The van der Waals surface area contributed by atoms with Crippen LogP contribution in [0.5, 0.6) is 17.2 Å². The van der Waals surface area contributed by atoms with Gasteiger partial charge in [0.2, 0.25) is 11.6 Å². The SMILES string of the molecule is COc1cc(-c2nnc(SCC(=O)N3N=C(c4cccs4)C[C@@H]3c3ccco3)o2)cc(OC)c1OC. The predicted octanol–water partition coefficient (Wildman–Crippen LogP) is 4.89. The molecule has 0 bridgehead atoms. The molecule has 0 N–H and O–H groups in total. The van der Waals surface area contributed by atoms with Gasteiger partial charge in [-0.15, -0.1) is 21.5 Å². The van der Waals surface area contributed by atoms with E-state index in [1.54, 1.807) is 35.8 Å². The first-order valence-corrected chi connectivity index (χ1v) is 12.7. The fourth-order valence-corrected chi connectivity index (χ4v) is 5.15. The van der Waals surface area contributed by atoms with Crippen molar-refractivity contribution in [2.75, 3.05) is 27.1 Å². The molecule has 12 heteroatoms. The van der Waals surface area contributed by atoms with Gasteiger partial charge in [-0.1, -0.05) is 17.8 Å². The lowest BCUT2D eigenvalue weighted by atomic mass is 10.1. The van der Waals surface area contributed by atoms with Crippen LogP contribution in [0.4, 0.5) is 0 Å². The summed E-state index contributed by atoms with van der Waals surface area (Å²) in [4.78, 5) is 14.2. The molecule has 4 aromatic rings. The van der Waals surface area contributed by atoms with Crippen LogP contribution < -0.4 is 14.2 Å². The van der Waals surface area contributed by atoms with Crippen LogP contribution >= 0.6 is 23.1 Å². The van der Waals surface area contributed by atoms with Crippen LogP contribution in [0, 0.1) is 0 Å². The van der Waals surface area contributed by atoms with Gasteiger partial charge in [-0.05, 0) is 35.7 Å². The maximum absolute atomic E-state index is 13.2. The third kappa shape index (κ3) is 4.69. The first-order chi connectivity index (χ1) is 17.6. The molecule has 1 aliphatic rings. The molecule has 10 nitrogen and oxygen atoms in total. The molecule has 0 aliphatic carbocycles. The number of furan rings is 1. The summed E-state index contributed by atoms with van der Waals surface area (Å²) in [6.45, 7) is 0. The number of thiophene rings is 1. The first kappa shape index (κ1) is 23.9. The van der Waals surface area contributed by atoms with Crippen molar-refractivity contribution in [1.82, 2.24) is 15.2 Å². The fourth-order valence-electron chi connectivity index (χ4n) is 3.81. The van der Waals surface area contributed by atoms with E-state index in [0.29, 0.717) is 35.0 Å². The largest absolute Gasteiger partial charge is 0.493 e. The number of thioether (sulfide) groups is 1. The van der Waals surface area contributed by atoms with Crippen molar-refractivity contribution in [1.29, 1.82) is 0 Å². The van der Waals surface area contributed by atoms with E-state index in [0.717, 1.165) is 22.4 Å². The number of methoxy groups -OCH3 is 3. The Labute approximate surface area is 214 Å². The highest BCUT2D eigenvalue weighted by atomic mass is 32.2. The van der Waals surface area contributed by atoms with Gasteiger partial charge >= 0.3 is 0 Å². The minimum absolute atomic E-state index is 0.0648. The van der Waals surface area contributed by atoms with E-state index >= 15 is 0 Å². The number of nitrogens with zero attached hydrogens (tertiary/aromatic N) is 4. The van der Waals surface area contributed by atoms with Crippen LogP contribution in [0.25, 0.3) is 11.5 Å². The number of rotatable bonds is 9. The summed E-state index contributed by atoms with van der Waals surface area (Å²) >= 11 is 2.73. The molecule has 0 unspecified atom stereocenters. The Bertz CT molecular complexity index is 1340. The molecule has 4 heterocycles. The topological polar surface area (TPSA) is 112 Å². The molecule has 0 fully saturated rings. The van der Waals surface area contributed by atoms with Gasteiger partial charge in [-0.25, -0.2) is 5.01 Å². The van der Waals surface area contributed by atoms with E-state index in [1.165, 1.54) is 26.3 Å². The lowest BCUT2D eigenvalue weighted by Crippen LogP contribution is -2.28. The molecule has 0 radical (unpaired) electrons. The van der Waals surface area contributed by atoms with Gasteiger partial charge < -0.3 is 23.0 Å². The van der Waals surface area contributed by atoms with Crippen molar-refractivity contribution in [2.45, 2.75) is 17.7 Å². The van der Waals surface area contributed by atoms with Gasteiger partial charge in [-0.2, -0.15) is 5.10 Å². The van der Waals surface area contributed by atoms with Crippen molar-refractivity contribution in [3.63, 3.8) is 0 Å². The minimum atomic E-state index is -0.303. The molecule has 0 saturated heterocycles. The molecule has 186 valence electrons. The number of carbonyl (C=O) groups is 1. The van der Waals surface area contributed by atoms with E-state index in [-0.39, 0.29) is 28.8 Å². The molecule has 1 amide bonds. The fraction of sp³-hybridized carbons (Fsp3) is 0.250. The van der Waals surface area contributed by atoms with Crippen molar-refractivity contribution in [3.8, 4) is 28.7 Å². The lowest BCUT2D eigenvalue weighted by molar-refractivity contribution is -0.130. The van der Waals surface area contributed by atoms with Gasteiger partial charge in [-0.3, -0.25) is 4.79 Å². The molecule has 3 aromatic heterocycles. The van der Waals surface area contributed by atoms with E-state index in [9.17, 15) is 4.79 Å². The average molecular weight is 527 g/mol. The van der Waals surface area contributed by atoms with Crippen LogP contribution in [-0.4, -0.2) is 53.9 Å². The summed E-state index contributed by atoms with van der Waals surface area (Å²) in [5, 5.41) is 16.5. The molecule has 0 spiro atoms. The number of benzene rings is 1.